The highest BCUT2D eigenvalue weighted by molar-refractivity contribution is 6.32. The molecule has 0 amide bonds. The molecule has 7 heteroatoms. The van der Waals surface area contributed by atoms with Crippen LogP contribution < -0.4 is 9.47 Å². The van der Waals surface area contributed by atoms with Gasteiger partial charge in [-0.15, -0.1) is 0 Å². The number of rotatable bonds is 6. The summed E-state index contributed by atoms with van der Waals surface area (Å²) in [5.74, 6) is 0.656. The summed E-state index contributed by atoms with van der Waals surface area (Å²) in [5, 5.41) is 11.1. The second-order valence-corrected chi connectivity index (χ2v) is 5.14. The Labute approximate surface area is 143 Å². The molecular formula is C17H14ClNO5. The van der Waals surface area contributed by atoms with E-state index >= 15 is 0 Å². The second kappa shape index (κ2) is 7.61. The summed E-state index contributed by atoms with van der Waals surface area (Å²) in [6, 6.07) is 8.81. The predicted octanol–water partition coefficient (Wildman–Crippen LogP) is 4.16. The minimum atomic E-state index is -0.524. The van der Waals surface area contributed by atoms with E-state index < -0.39 is 4.92 Å². The molecule has 0 saturated carbocycles. The van der Waals surface area contributed by atoms with Gasteiger partial charge in [0, 0.05) is 22.7 Å². The number of nitrogens with zero attached hydrogens (tertiary/aromatic N) is 1. The van der Waals surface area contributed by atoms with Gasteiger partial charge in [-0.2, -0.15) is 0 Å². The number of carbonyl (C=O) groups is 1. The van der Waals surface area contributed by atoms with Crippen molar-refractivity contribution in [3.8, 4) is 11.5 Å². The number of benzene rings is 2. The molecule has 0 heterocycles. The minimum Gasteiger partial charge on any atom is -0.493 e. The lowest BCUT2D eigenvalue weighted by Crippen LogP contribution is -1.97. The molecule has 0 unspecified atom stereocenters. The van der Waals surface area contributed by atoms with Crippen molar-refractivity contribution in [1.29, 1.82) is 0 Å². The molecule has 2 aromatic rings. The molecule has 24 heavy (non-hydrogen) atoms. The van der Waals surface area contributed by atoms with Crippen molar-refractivity contribution in [3.05, 3.63) is 68.7 Å². The van der Waals surface area contributed by atoms with Crippen LogP contribution in [0.5, 0.6) is 11.5 Å². The zero-order chi connectivity index (χ0) is 17.7. The Kier molecular flexibility index (Phi) is 5.55. The molecule has 0 aliphatic rings. The van der Waals surface area contributed by atoms with Crippen molar-refractivity contribution >= 4 is 29.1 Å². The highest BCUT2D eigenvalue weighted by Crippen LogP contribution is 2.28. The van der Waals surface area contributed by atoms with Crippen LogP contribution in [0.4, 0.5) is 5.69 Å². The van der Waals surface area contributed by atoms with Gasteiger partial charge in [0.1, 0.15) is 0 Å². The average molecular weight is 348 g/mol. The monoisotopic (exact) mass is 347 g/mol. The molecule has 2 rings (SSSR count). The lowest BCUT2D eigenvalue weighted by atomic mass is 10.1. The van der Waals surface area contributed by atoms with Crippen LogP contribution in [0.1, 0.15) is 15.9 Å². The molecule has 2 aromatic carbocycles. The van der Waals surface area contributed by atoms with Gasteiger partial charge in [0.2, 0.25) is 0 Å². The summed E-state index contributed by atoms with van der Waals surface area (Å²) in [6.45, 7) is 0. The van der Waals surface area contributed by atoms with Crippen LogP contribution in [-0.2, 0) is 0 Å². The van der Waals surface area contributed by atoms with E-state index in [0.29, 0.717) is 27.6 Å². The number of hydrogen-bond donors (Lipinski definition) is 0. The van der Waals surface area contributed by atoms with Gasteiger partial charge in [0.25, 0.3) is 5.69 Å². The number of carbonyl (C=O) groups excluding carboxylic acids is 1. The van der Waals surface area contributed by atoms with Crippen molar-refractivity contribution in [2.45, 2.75) is 0 Å². The van der Waals surface area contributed by atoms with Crippen LogP contribution in [0.25, 0.3) is 6.08 Å². The molecule has 0 aliphatic carbocycles. The van der Waals surface area contributed by atoms with E-state index in [-0.39, 0.29) is 11.5 Å². The topological polar surface area (TPSA) is 78.7 Å². The molecule has 0 N–H and O–H groups in total. The maximum atomic E-state index is 12.3. The first-order valence-corrected chi connectivity index (χ1v) is 7.22. The van der Waals surface area contributed by atoms with Gasteiger partial charge >= 0.3 is 0 Å². The van der Waals surface area contributed by atoms with Gasteiger partial charge in [-0.05, 0) is 42.0 Å². The number of hydrogen-bond acceptors (Lipinski definition) is 5. The van der Waals surface area contributed by atoms with Crippen LogP contribution >= 0.6 is 11.6 Å². The first kappa shape index (κ1) is 17.5. The number of allylic oxidation sites excluding steroid dienone is 1. The van der Waals surface area contributed by atoms with E-state index in [9.17, 15) is 14.9 Å². The molecule has 0 aliphatic heterocycles. The molecule has 0 spiro atoms. The third-order valence-electron chi connectivity index (χ3n) is 3.27. The van der Waals surface area contributed by atoms with Gasteiger partial charge in [-0.1, -0.05) is 11.6 Å². The first-order valence-electron chi connectivity index (χ1n) is 6.84. The van der Waals surface area contributed by atoms with Gasteiger partial charge in [0.15, 0.2) is 17.3 Å². The van der Waals surface area contributed by atoms with Gasteiger partial charge < -0.3 is 9.47 Å². The Hall–Kier alpha value is -2.86. The van der Waals surface area contributed by atoms with Crippen LogP contribution in [0.3, 0.4) is 0 Å². The average Bonchev–Trinajstić information content (AvgIpc) is 2.59. The Balaban J connectivity index is 2.28. The molecule has 124 valence electrons. The minimum absolute atomic E-state index is 0.0994. The Morgan fingerprint density at radius 3 is 2.46 bits per heavy atom. The van der Waals surface area contributed by atoms with E-state index in [0.717, 1.165) is 0 Å². The quantitative estimate of drug-likeness (QED) is 0.339. The molecule has 0 bridgehead atoms. The van der Waals surface area contributed by atoms with Crippen molar-refractivity contribution in [2.75, 3.05) is 14.2 Å². The number of nitro groups is 1. The Morgan fingerprint density at radius 1 is 1.12 bits per heavy atom. The standard InChI is InChI=1S/C17H14ClNO5/c1-23-16-8-4-12(10-17(16)24-2)15(20)7-3-11-9-13(19(21)22)5-6-14(11)18/h3-10H,1-2H3/b7-3+. The second-order valence-electron chi connectivity index (χ2n) is 4.73. The summed E-state index contributed by atoms with van der Waals surface area (Å²) in [4.78, 5) is 22.5. The van der Waals surface area contributed by atoms with Crippen LogP contribution in [-0.4, -0.2) is 24.9 Å². The van der Waals surface area contributed by atoms with E-state index in [1.54, 1.807) is 18.2 Å². The lowest BCUT2D eigenvalue weighted by Gasteiger charge is -2.08. The van der Waals surface area contributed by atoms with E-state index in [2.05, 4.69) is 0 Å². The summed E-state index contributed by atoms with van der Waals surface area (Å²) >= 11 is 6.00. The van der Waals surface area contributed by atoms with Crippen molar-refractivity contribution in [2.24, 2.45) is 0 Å². The van der Waals surface area contributed by atoms with Crippen LogP contribution in [0.2, 0.25) is 5.02 Å². The smallest absolute Gasteiger partial charge is 0.270 e. The predicted molar refractivity (Wildman–Crippen MR) is 91.0 cm³/mol. The van der Waals surface area contributed by atoms with Crippen LogP contribution in [0.15, 0.2) is 42.5 Å². The van der Waals surface area contributed by atoms with Crippen LogP contribution in [0, 0.1) is 10.1 Å². The molecule has 6 nitrogen and oxygen atoms in total. The van der Waals surface area contributed by atoms with Gasteiger partial charge in [-0.3, -0.25) is 14.9 Å². The molecule has 0 aromatic heterocycles. The van der Waals surface area contributed by atoms with Gasteiger partial charge in [0.05, 0.1) is 19.1 Å². The highest BCUT2D eigenvalue weighted by atomic mass is 35.5. The number of methoxy groups -OCH3 is 2. The van der Waals surface area contributed by atoms with Gasteiger partial charge in [-0.25, -0.2) is 0 Å². The molecule has 0 saturated heterocycles. The van der Waals surface area contributed by atoms with E-state index in [1.807, 2.05) is 0 Å². The number of halogens is 1. The normalized spacial score (nSPS) is 10.6. The van der Waals surface area contributed by atoms with E-state index in [1.165, 1.54) is 44.6 Å². The zero-order valence-electron chi connectivity index (χ0n) is 13.0. The fraction of sp³-hybridized carbons (Fsp3) is 0.118. The number of ether oxygens (including phenoxy) is 2. The summed E-state index contributed by atoms with van der Waals surface area (Å²) in [5.41, 5.74) is 0.683. The van der Waals surface area contributed by atoms with E-state index in [4.69, 9.17) is 21.1 Å². The molecule has 0 atom stereocenters. The number of nitro benzene ring substituents is 1. The maximum absolute atomic E-state index is 12.3. The summed E-state index contributed by atoms with van der Waals surface area (Å²) in [7, 11) is 2.98. The SMILES string of the molecule is COc1ccc(C(=O)/C=C/c2cc([N+](=O)[O-])ccc2Cl)cc1OC. The Morgan fingerprint density at radius 2 is 1.83 bits per heavy atom. The first-order chi connectivity index (χ1) is 11.5. The van der Waals surface area contributed by atoms with Crippen molar-refractivity contribution in [3.63, 3.8) is 0 Å². The Bertz CT molecular complexity index is 817. The fourth-order valence-electron chi connectivity index (χ4n) is 2.02. The maximum Gasteiger partial charge on any atom is 0.270 e. The molecular weight excluding hydrogens is 334 g/mol. The molecule has 0 radical (unpaired) electrons. The third kappa shape index (κ3) is 3.91. The lowest BCUT2D eigenvalue weighted by molar-refractivity contribution is -0.384. The fourth-order valence-corrected chi connectivity index (χ4v) is 2.20. The summed E-state index contributed by atoms with van der Waals surface area (Å²) in [6.07, 6.45) is 2.74. The van der Waals surface area contributed by atoms with Crippen molar-refractivity contribution < 1.29 is 19.2 Å². The zero-order valence-corrected chi connectivity index (χ0v) is 13.7. The third-order valence-corrected chi connectivity index (χ3v) is 3.62. The largest absolute Gasteiger partial charge is 0.493 e. The molecule has 0 fully saturated rings. The number of ketones is 1. The van der Waals surface area contributed by atoms with Crippen molar-refractivity contribution in [1.82, 2.24) is 0 Å². The summed E-state index contributed by atoms with van der Waals surface area (Å²) < 4.78 is 10.3. The highest BCUT2D eigenvalue weighted by Gasteiger charge is 2.10. The number of non-ortho nitro benzene ring substituents is 1.